The summed E-state index contributed by atoms with van der Waals surface area (Å²) in [7, 11) is 0. The first-order valence-corrected chi connectivity index (χ1v) is 10.4. The predicted molar refractivity (Wildman–Crippen MR) is 110 cm³/mol. The Morgan fingerprint density at radius 2 is 1.68 bits per heavy atom. The van der Waals surface area contributed by atoms with Crippen LogP contribution in [0.1, 0.15) is 12.0 Å². The van der Waals surface area contributed by atoms with Crippen LogP contribution in [0.5, 0.6) is 0 Å². The summed E-state index contributed by atoms with van der Waals surface area (Å²) in [4.78, 5) is 39.1. The molecular formula is C22H19N5O4. The lowest BCUT2D eigenvalue weighted by molar-refractivity contribution is -0.384. The molecule has 2 aromatic carbocycles. The molecule has 3 fully saturated rings. The van der Waals surface area contributed by atoms with Crippen LogP contribution < -0.4 is 9.91 Å². The third kappa shape index (κ3) is 2.31. The van der Waals surface area contributed by atoms with Crippen LogP contribution in [-0.4, -0.2) is 28.8 Å². The highest BCUT2D eigenvalue weighted by Crippen LogP contribution is 2.61. The number of anilines is 2. The van der Waals surface area contributed by atoms with E-state index in [1.807, 2.05) is 19.1 Å². The van der Waals surface area contributed by atoms with E-state index in [4.69, 9.17) is 0 Å². The highest BCUT2D eigenvalue weighted by molar-refractivity contribution is 6.22. The zero-order valence-electron chi connectivity index (χ0n) is 16.7. The van der Waals surface area contributed by atoms with Crippen LogP contribution in [0, 0.1) is 40.7 Å². The maximum absolute atomic E-state index is 13.4. The van der Waals surface area contributed by atoms with Gasteiger partial charge in [0.1, 0.15) is 5.69 Å². The molecule has 2 saturated carbocycles. The molecule has 9 heteroatoms. The molecule has 6 atom stereocenters. The summed E-state index contributed by atoms with van der Waals surface area (Å²) in [5.74, 6) is -1.38. The maximum Gasteiger partial charge on any atom is 0.294 e. The van der Waals surface area contributed by atoms with Gasteiger partial charge in [0, 0.05) is 6.07 Å². The minimum absolute atomic E-state index is 0.0449. The van der Waals surface area contributed by atoms with Crippen molar-refractivity contribution in [2.75, 3.05) is 9.91 Å². The molecule has 2 bridgehead atoms. The molecular weight excluding hydrogens is 398 g/mol. The second kappa shape index (κ2) is 6.19. The fraction of sp³-hybridized carbons (Fsp3) is 0.364. The Kier molecular flexibility index (Phi) is 3.63. The van der Waals surface area contributed by atoms with Crippen LogP contribution in [-0.2, 0) is 9.59 Å². The fourth-order valence-electron chi connectivity index (χ4n) is 6.05. The number of hydrogen-bond donors (Lipinski definition) is 0. The summed E-state index contributed by atoms with van der Waals surface area (Å²) in [6, 6.07) is 13.3. The van der Waals surface area contributed by atoms with Crippen LogP contribution in [0.3, 0.4) is 0 Å². The predicted octanol–water partition coefficient (Wildman–Crippen LogP) is 3.28. The number of aryl methyl sites for hydroxylation is 1. The molecule has 31 heavy (non-hydrogen) atoms. The Morgan fingerprint density at radius 1 is 1.00 bits per heavy atom. The Bertz CT molecular complexity index is 1160. The minimum atomic E-state index is -0.436. The number of imide groups is 1. The highest BCUT2D eigenvalue weighted by atomic mass is 16.6. The Hall–Kier alpha value is -3.62. The number of hydrogen-bond acceptors (Lipinski definition) is 7. The van der Waals surface area contributed by atoms with Crippen LogP contribution in [0.4, 0.5) is 17.1 Å². The van der Waals surface area contributed by atoms with Gasteiger partial charge < -0.3 is 0 Å². The van der Waals surface area contributed by atoms with E-state index in [9.17, 15) is 19.7 Å². The number of fused-ring (bicyclic) bond motifs is 8. The molecule has 6 rings (SSSR count). The van der Waals surface area contributed by atoms with Gasteiger partial charge in [-0.25, -0.2) is 5.01 Å². The van der Waals surface area contributed by atoms with Crippen molar-refractivity contribution in [3.05, 3.63) is 64.2 Å². The quantitative estimate of drug-likeness (QED) is 0.433. The first-order valence-electron chi connectivity index (χ1n) is 10.4. The molecule has 0 aromatic heterocycles. The van der Waals surface area contributed by atoms with E-state index in [-0.39, 0.29) is 41.4 Å². The van der Waals surface area contributed by atoms with Gasteiger partial charge in [0.05, 0.1) is 34.5 Å². The van der Waals surface area contributed by atoms with Crippen molar-refractivity contribution in [2.24, 2.45) is 34.0 Å². The Morgan fingerprint density at radius 3 is 2.39 bits per heavy atom. The normalized spacial score (nSPS) is 32.7. The molecule has 0 N–H and O–H groups in total. The number of carbonyl (C=O) groups excluding carboxylic acids is 2. The lowest BCUT2D eigenvalue weighted by atomic mass is 9.76. The number of nitro groups is 1. The molecule has 0 spiro atoms. The summed E-state index contributed by atoms with van der Waals surface area (Å²) in [5.41, 5.74) is 1.98. The molecule has 4 aliphatic rings. The highest BCUT2D eigenvalue weighted by Gasteiger charge is 2.70. The second-order valence-corrected chi connectivity index (χ2v) is 8.74. The van der Waals surface area contributed by atoms with E-state index in [1.165, 1.54) is 11.0 Å². The molecule has 2 heterocycles. The molecule has 9 nitrogen and oxygen atoms in total. The molecule has 2 aromatic rings. The summed E-state index contributed by atoms with van der Waals surface area (Å²) >= 11 is 0. The molecule has 156 valence electrons. The van der Waals surface area contributed by atoms with Crippen LogP contribution >= 0.6 is 0 Å². The summed E-state index contributed by atoms with van der Waals surface area (Å²) in [6.07, 6.45) is 0.708. The van der Waals surface area contributed by atoms with Gasteiger partial charge in [-0.1, -0.05) is 35.1 Å². The van der Waals surface area contributed by atoms with E-state index >= 15 is 0 Å². The summed E-state index contributed by atoms with van der Waals surface area (Å²) in [5, 5.41) is 21.8. The van der Waals surface area contributed by atoms with Gasteiger partial charge in [0.25, 0.3) is 5.69 Å². The molecule has 0 radical (unpaired) electrons. The molecule has 2 aliphatic carbocycles. The number of nitro benzene ring substituents is 1. The second-order valence-electron chi connectivity index (χ2n) is 8.74. The van der Waals surface area contributed by atoms with Crippen LogP contribution in [0.15, 0.2) is 58.9 Å². The molecule has 1 saturated heterocycles. The number of benzene rings is 2. The van der Waals surface area contributed by atoms with Crippen molar-refractivity contribution < 1.29 is 14.5 Å². The third-order valence-electron chi connectivity index (χ3n) is 7.27. The van der Waals surface area contributed by atoms with Gasteiger partial charge in [0.15, 0.2) is 0 Å². The van der Waals surface area contributed by atoms with Gasteiger partial charge in [-0.15, -0.1) is 0 Å². The van der Waals surface area contributed by atoms with E-state index in [2.05, 4.69) is 10.3 Å². The van der Waals surface area contributed by atoms with Crippen molar-refractivity contribution >= 4 is 28.9 Å². The zero-order chi connectivity index (χ0) is 21.4. The van der Waals surface area contributed by atoms with E-state index in [0.717, 1.165) is 5.56 Å². The number of para-hydroxylation sites is 2. The van der Waals surface area contributed by atoms with E-state index < -0.39 is 16.8 Å². The van der Waals surface area contributed by atoms with Gasteiger partial charge in [-0.2, -0.15) is 5.11 Å². The van der Waals surface area contributed by atoms with E-state index in [1.54, 1.807) is 35.3 Å². The number of amides is 2. The van der Waals surface area contributed by atoms with Gasteiger partial charge in [-0.3, -0.25) is 24.6 Å². The first kappa shape index (κ1) is 18.2. The van der Waals surface area contributed by atoms with Gasteiger partial charge in [0.2, 0.25) is 11.8 Å². The van der Waals surface area contributed by atoms with Crippen molar-refractivity contribution in [2.45, 2.75) is 25.4 Å². The summed E-state index contributed by atoms with van der Waals surface area (Å²) < 4.78 is 0. The van der Waals surface area contributed by atoms with Gasteiger partial charge >= 0.3 is 0 Å². The largest absolute Gasteiger partial charge is 0.294 e. The average Bonchev–Trinajstić information content (AvgIpc) is 3.49. The zero-order valence-corrected chi connectivity index (χ0v) is 16.7. The number of nitrogens with zero attached hydrogens (tertiary/aromatic N) is 5. The van der Waals surface area contributed by atoms with Crippen LogP contribution in [0.25, 0.3) is 0 Å². The Balaban J connectivity index is 1.36. The SMILES string of the molecule is Cc1ccc(N2C(=O)[C@@H]3[C@H]4C[C@@H]([C@@H]3C2=O)[C@H]2[C@@H]4N=NN2c2ccccc2[N+](=O)[O-])cc1. The number of carbonyl (C=O) groups is 2. The van der Waals surface area contributed by atoms with Crippen molar-refractivity contribution in [1.29, 1.82) is 0 Å². The first-order chi connectivity index (χ1) is 15.0. The van der Waals surface area contributed by atoms with Gasteiger partial charge in [-0.05, 0) is 43.4 Å². The monoisotopic (exact) mass is 417 g/mol. The average molecular weight is 417 g/mol. The maximum atomic E-state index is 13.4. The van der Waals surface area contributed by atoms with Crippen molar-refractivity contribution in [1.82, 2.24) is 0 Å². The molecule has 2 aliphatic heterocycles. The third-order valence-corrected chi connectivity index (χ3v) is 7.27. The topological polar surface area (TPSA) is 108 Å². The lowest BCUT2D eigenvalue weighted by Gasteiger charge is -2.33. The molecule has 2 amide bonds. The number of rotatable bonds is 3. The van der Waals surface area contributed by atoms with Crippen molar-refractivity contribution in [3.63, 3.8) is 0 Å². The minimum Gasteiger partial charge on any atom is -0.274 e. The molecule has 0 unspecified atom stereocenters. The fourth-order valence-corrected chi connectivity index (χ4v) is 6.05. The van der Waals surface area contributed by atoms with E-state index in [0.29, 0.717) is 17.8 Å². The standard InChI is InChI=1S/C22H19N5O4/c1-11-6-8-12(9-7-11)25-21(28)17-13-10-14(18(17)22(25)29)20-19(13)23-24-26(20)15-4-2-3-5-16(15)27(30)31/h2-9,13-14,17-20H,10H2,1H3/t13-,14+,17-,18+,19-,20+/m1/s1. The Labute approximate surface area is 177 Å². The van der Waals surface area contributed by atoms with Crippen molar-refractivity contribution in [3.8, 4) is 0 Å². The summed E-state index contributed by atoms with van der Waals surface area (Å²) in [6.45, 7) is 1.95. The van der Waals surface area contributed by atoms with Crippen LogP contribution in [0.2, 0.25) is 0 Å². The smallest absolute Gasteiger partial charge is 0.274 e. The lowest BCUT2D eigenvalue weighted by Crippen LogP contribution is -2.47.